The molecule has 4 aromatic rings. The van der Waals surface area contributed by atoms with Gasteiger partial charge in [0, 0.05) is 0 Å². The molecular formula is C27H21NO3S. The maximum absolute atomic E-state index is 13.0. The van der Waals surface area contributed by atoms with Crippen molar-refractivity contribution in [1.82, 2.24) is 4.90 Å². The lowest BCUT2D eigenvalue weighted by atomic mass is 9.96. The molecule has 1 aliphatic heterocycles. The number of benzene rings is 4. The topological polar surface area (TPSA) is 46.6 Å². The second kappa shape index (κ2) is 8.52. The van der Waals surface area contributed by atoms with Gasteiger partial charge in [-0.05, 0) is 75.6 Å². The highest BCUT2D eigenvalue weighted by molar-refractivity contribution is 8.18. The second-order valence-corrected chi connectivity index (χ2v) is 8.72. The summed E-state index contributed by atoms with van der Waals surface area (Å²) in [6, 6.07) is 26.1. The number of carbonyl (C=O) groups is 2. The van der Waals surface area contributed by atoms with E-state index < -0.39 is 0 Å². The van der Waals surface area contributed by atoms with Crippen molar-refractivity contribution in [1.29, 1.82) is 0 Å². The molecule has 1 fully saturated rings. The van der Waals surface area contributed by atoms with Crippen molar-refractivity contribution in [3.63, 3.8) is 0 Å². The molecule has 1 saturated heterocycles. The van der Waals surface area contributed by atoms with Crippen LogP contribution >= 0.6 is 11.8 Å². The highest BCUT2D eigenvalue weighted by Gasteiger charge is 2.35. The van der Waals surface area contributed by atoms with Crippen LogP contribution < -0.4 is 4.74 Å². The number of amides is 2. The number of rotatable bonds is 5. The summed E-state index contributed by atoms with van der Waals surface area (Å²) in [6.07, 6.45) is 1.86. The molecule has 0 atom stereocenters. The van der Waals surface area contributed by atoms with Gasteiger partial charge in [0.1, 0.15) is 12.4 Å². The molecule has 0 bridgehead atoms. The Hall–Kier alpha value is -3.57. The summed E-state index contributed by atoms with van der Waals surface area (Å²) >= 11 is 0.985. The zero-order valence-electron chi connectivity index (χ0n) is 17.6. The molecule has 5 rings (SSSR count). The first kappa shape index (κ1) is 20.3. The van der Waals surface area contributed by atoms with Crippen molar-refractivity contribution in [2.75, 3.05) is 13.2 Å². The Kier molecular flexibility index (Phi) is 5.41. The smallest absolute Gasteiger partial charge is 0.293 e. The van der Waals surface area contributed by atoms with E-state index in [0.717, 1.165) is 50.2 Å². The predicted octanol–water partition coefficient (Wildman–Crippen LogP) is 6.42. The molecule has 1 aliphatic rings. The first-order valence-electron chi connectivity index (χ1n) is 10.5. The maximum Gasteiger partial charge on any atom is 0.293 e. The van der Waals surface area contributed by atoms with E-state index in [0.29, 0.717) is 4.91 Å². The first-order chi connectivity index (χ1) is 15.6. The van der Waals surface area contributed by atoms with Gasteiger partial charge in [-0.2, -0.15) is 0 Å². The van der Waals surface area contributed by atoms with Crippen LogP contribution in [0.4, 0.5) is 4.79 Å². The second-order valence-electron chi connectivity index (χ2n) is 7.73. The number of thioether (sulfide) groups is 1. The Balaban J connectivity index is 1.43. The van der Waals surface area contributed by atoms with Gasteiger partial charge < -0.3 is 4.74 Å². The Morgan fingerprint density at radius 2 is 1.56 bits per heavy atom. The molecule has 0 unspecified atom stereocenters. The van der Waals surface area contributed by atoms with Crippen LogP contribution in [-0.2, 0) is 4.79 Å². The molecule has 4 nitrogen and oxygen atoms in total. The molecule has 4 aromatic carbocycles. The third kappa shape index (κ3) is 3.87. The molecule has 0 aromatic heterocycles. The van der Waals surface area contributed by atoms with Gasteiger partial charge in [-0.1, -0.05) is 60.7 Å². The van der Waals surface area contributed by atoms with Crippen molar-refractivity contribution in [2.45, 2.75) is 6.92 Å². The number of imide groups is 1. The van der Waals surface area contributed by atoms with Gasteiger partial charge in [-0.25, -0.2) is 0 Å². The van der Waals surface area contributed by atoms with Crippen molar-refractivity contribution < 1.29 is 14.3 Å². The fourth-order valence-corrected chi connectivity index (χ4v) is 4.84. The summed E-state index contributed by atoms with van der Waals surface area (Å²) in [5, 5.41) is 4.05. The lowest BCUT2D eigenvalue weighted by molar-refractivity contribution is -0.123. The maximum atomic E-state index is 13.0. The van der Waals surface area contributed by atoms with Crippen molar-refractivity contribution in [2.24, 2.45) is 0 Å². The van der Waals surface area contributed by atoms with E-state index in [4.69, 9.17) is 4.74 Å². The van der Waals surface area contributed by atoms with Gasteiger partial charge in [0.2, 0.25) is 0 Å². The molecule has 0 aliphatic carbocycles. The van der Waals surface area contributed by atoms with Crippen molar-refractivity contribution >= 4 is 50.5 Å². The van der Waals surface area contributed by atoms with Crippen LogP contribution in [0.25, 0.3) is 27.6 Å². The van der Waals surface area contributed by atoms with Crippen LogP contribution in [0.5, 0.6) is 5.75 Å². The average molecular weight is 440 g/mol. The molecule has 5 heteroatoms. The SMILES string of the molecule is Cc1cccc(OCCN2C(=O)S/C(=C\c3c4ccccc4cc4ccccc34)C2=O)c1. The number of fused-ring (bicyclic) bond motifs is 2. The summed E-state index contributed by atoms with van der Waals surface area (Å²) < 4.78 is 5.74. The van der Waals surface area contributed by atoms with E-state index in [2.05, 4.69) is 18.2 Å². The van der Waals surface area contributed by atoms with Crippen LogP contribution in [0, 0.1) is 6.92 Å². The Morgan fingerprint density at radius 1 is 0.875 bits per heavy atom. The van der Waals surface area contributed by atoms with Crippen molar-refractivity contribution in [3.05, 3.63) is 94.9 Å². The van der Waals surface area contributed by atoms with Gasteiger partial charge in [-0.3, -0.25) is 14.5 Å². The number of nitrogens with zero attached hydrogens (tertiary/aromatic N) is 1. The molecule has 32 heavy (non-hydrogen) atoms. The summed E-state index contributed by atoms with van der Waals surface area (Å²) in [5.41, 5.74) is 2.05. The summed E-state index contributed by atoms with van der Waals surface area (Å²) in [4.78, 5) is 27.3. The number of ether oxygens (including phenoxy) is 1. The highest BCUT2D eigenvalue weighted by atomic mass is 32.2. The minimum atomic E-state index is -0.273. The van der Waals surface area contributed by atoms with E-state index in [1.807, 2.05) is 73.7 Å². The highest BCUT2D eigenvalue weighted by Crippen LogP contribution is 2.36. The average Bonchev–Trinajstić information content (AvgIpc) is 3.06. The first-order valence-corrected chi connectivity index (χ1v) is 11.3. The lowest BCUT2D eigenvalue weighted by Gasteiger charge is -2.13. The van der Waals surface area contributed by atoms with Crippen LogP contribution in [0.1, 0.15) is 11.1 Å². The molecule has 2 amide bonds. The zero-order valence-corrected chi connectivity index (χ0v) is 18.4. The van der Waals surface area contributed by atoms with Crippen LogP contribution in [0.15, 0.2) is 83.8 Å². The lowest BCUT2D eigenvalue weighted by Crippen LogP contribution is -2.32. The van der Waals surface area contributed by atoms with E-state index in [9.17, 15) is 9.59 Å². The third-order valence-corrected chi connectivity index (χ3v) is 6.44. The minimum Gasteiger partial charge on any atom is -0.492 e. The number of aryl methyl sites for hydroxylation is 1. The quantitative estimate of drug-likeness (QED) is 0.266. The third-order valence-electron chi connectivity index (χ3n) is 5.54. The van der Waals surface area contributed by atoms with E-state index in [1.54, 1.807) is 0 Å². The fraction of sp³-hybridized carbons (Fsp3) is 0.111. The van der Waals surface area contributed by atoms with E-state index in [-0.39, 0.29) is 24.3 Å². The van der Waals surface area contributed by atoms with Gasteiger partial charge in [0.05, 0.1) is 11.4 Å². The van der Waals surface area contributed by atoms with Gasteiger partial charge in [0.25, 0.3) is 11.1 Å². The predicted molar refractivity (Wildman–Crippen MR) is 131 cm³/mol. The molecule has 0 N–H and O–H groups in total. The molecule has 0 saturated carbocycles. The van der Waals surface area contributed by atoms with Crippen LogP contribution in [-0.4, -0.2) is 29.2 Å². The standard InChI is InChI=1S/C27H21NO3S/c1-18-7-6-10-21(15-18)31-14-13-28-26(29)25(32-27(28)30)17-24-22-11-4-2-8-19(22)16-20-9-3-5-12-23(20)24/h2-12,15-17H,13-14H2,1H3/b25-17-. The number of carbonyl (C=O) groups excluding carboxylic acids is 2. The molecule has 0 spiro atoms. The van der Waals surface area contributed by atoms with E-state index in [1.165, 1.54) is 4.90 Å². The van der Waals surface area contributed by atoms with E-state index >= 15 is 0 Å². The summed E-state index contributed by atoms with van der Waals surface area (Å²) in [7, 11) is 0. The monoisotopic (exact) mass is 439 g/mol. The van der Waals surface area contributed by atoms with Gasteiger partial charge >= 0.3 is 0 Å². The number of hydrogen-bond acceptors (Lipinski definition) is 4. The Morgan fingerprint density at radius 3 is 2.25 bits per heavy atom. The minimum absolute atomic E-state index is 0.215. The van der Waals surface area contributed by atoms with Crippen molar-refractivity contribution in [3.8, 4) is 5.75 Å². The summed E-state index contributed by atoms with van der Waals surface area (Å²) in [6.45, 7) is 2.46. The number of hydrogen-bond donors (Lipinski definition) is 0. The van der Waals surface area contributed by atoms with Gasteiger partial charge in [0.15, 0.2) is 0 Å². The Labute approximate surface area is 190 Å². The summed E-state index contributed by atoms with van der Waals surface area (Å²) in [5.74, 6) is 0.458. The molecular weight excluding hydrogens is 418 g/mol. The zero-order chi connectivity index (χ0) is 22.1. The fourth-order valence-electron chi connectivity index (χ4n) is 3.99. The normalized spacial score (nSPS) is 15.3. The van der Waals surface area contributed by atoms with Gasteiger partial charge in [-0.15, -0.1) is 0 Å². The molecule has 1 heterocycles. The molecule has 158 valence electrons. The molecule has 0 radical (unpaired) electrons. The largest absolute Gasteiger partial charge is 0.492 e. The Bertz CT molecular complexity index is 1340. The van der Waals surface area contributed by atoms with Crippen LogP contribution in [0.2, 0.25) is 0 Å². The van der Waals surface area contributed by atoms with Crippen LogP contribution in [0.3, 0.4) is 0 Å².